The Kier molecular flexibility index (Phi) is 9.73. The van der Waals surface area contributed by atoms with Crippen LogP contribution in [0.1, 0.15) is 48.6 Å². The first kappa shape index (κ1) is 34.5. The third-order valence-electron chi connectivity index (χ3n) is 8.90. The summed E-state index contributed by atoms with van der Waals surface area (Å²) in [5.74, 6) is 0. The number of pyridine rings is 2. The van der Waals surface area contributed by atoms with Crippen LogP contribution in [-0.2, 0) is 25.5 Å². The van der Waals surface area contributed by atoms with Gasteiger partial charge in [-0.3, -0.25) is 0 Å². The maximum absolute atomic E-state index is 6.52. The molecule has 0 saturated carbocycles. The Balaban J connectivity index is 0.000000234. The second-order valence-electron chi connectivity index (χ2n) is 13.6. The van der Waals surface area contributed by atoms with E-state index in [-0.39, 0.29) is 25.5 Å². The van der Waals surface area contributed by atoms with Gasteiger partial charge in [0, 0.05) is 53.5 Å². The number of aryl methyl sites for hydroxylation is 4. The number of rotatable bonds is 3. The Morgan fingerprint density at radius 2 is 1.43 bits per heavy atom. The minimum atomic E-state index is -0.0492. The molecule has 8 aromatic rings. The average molecular weight is 835 g/mol. The summed E-state index contributed by atoms with van der Waals surface area (Å²) in [7, 11) is 0. The quantitative estimate of drug-likeness (QED) is 0.166. The van der Waals surface area contributed by atoms with E-state index in [4.69, 9.17) is 9.40 Å². The summed E-state index contributed by atoms with van der Waals surface area (Å²) >= 11 is 1.74. The summed E-state index contributed by atoms with van der Waals surface area (Å²) in [6.45, 7) is 15.2. The number of hydrogen-bond donors (Lipinski definition) is 0. The molecule has 0 N–H and O–H groups in total. The summed E-state index contributed by atoms with van der Waals surface area (Å²) in [4.78, 5) is 9.31. The fourth-order valence-electron chi connectivity index (χ4n) is 6.37. The van der Waals surface area contributed by atoms with E-state index in [1.165, 1.54) is 49.0 Å². The van der Waals surface area contributed by atoms with Crippen molar-refractivity contribution in [3.8, 4) is 33.6 Å². The number of hydrogen-bond acceptors (Lipinski definition) is 4. The van der Waals surface area contributed by atoms with E-state index >= 15 is 0 Å². The zero-order valence-electron chi connectivity index (χ0n) is 28.9. The Labute approximate surface area is 306 Å². The topological polar surface area (TPSA) is 38.9 Å². The van der Waals surface area contributed by atoms with Gasteiger partial charge < -0.3 is 14.4 Å². The molecule has 5 heteroatoms. The predicted molar refractivity (Wildman–Crippen MR) is 203 cm³/mol. The monoisotopic (exact) mass is 835 g/mol. The first-order chi connectivity index (χ1) is 23.1. The second kappa shape index (κ2) is 13.8. The zero-order valence-corrected chi connectivity index (χ0v) is 32.1. The predicted octanol–water partition coefficient (Wildman–Crippen LogP) is 12.4. The SMILES string of the molecule is Cc1c[c-]c(-c2ccc(C)cn2)cc1.Cc1cccc(C)c1-c1cnc(-c2[c-]ccc3c2oc2c4ccsc4ccc32)cc1C(C)(C)C.[Ir]. The molecule has 0 atom stereocenters. The molecular formula is C44H38IrN2OS-2. The van der Waals surface area contributed by atoms with Crippen LogP contribution < -0.4 is 0 Å². The normalized spacial score (nSPS) is 11.4. The van der Waals surface area contributed by atoms with Crippen molar-refractivity contribution in [2.75, 3.05) is 0 Å². The van der Waals surface area contributed by atoms with Crippen molar-refractivity contribution in [2.24, 2.45) is 0 Å². The summed E-state index contributed by atoms with van der Waals surface area (Å²) in [6.07, 6.45) is 3.92. The summed E-state index contributed by atoms with van der Waals surface area (Å²) in [5.41, 5.74) is 14.3. The molecule has 3 nitrogen and oxygen atoms in total. The van der Waals surface area contributed by atoms with Crippen LogP contribution in [-0.4, -0.2) is 9.97 Å². The number of aromatic nitrogens is 2. The van der Waals surface area contributed by atoms with Gasteiger partial charge in [0.05, 0.1) is 5.58 Å². The molecule has 0 aliphatic carbocycles. The summed E-state index contributed by atoms with van der Waals surface area (Å²) < 4.78 is 7.76. The van der Waals surface area contributed by atoms with Crippen LogP contribution in [0.2, 0.25) is 0 Å². The molecule has 0 aliphatic heterocycles. The van der Waals surface area contributed by atoms with Gasteiger partial charge in [-0.2, -0.15) is 0 Å². The van der Waals surface area contributed by atoms with E-state index < -0.39 is 0 Å². The zero-order chi connectivity index (χ0) is 33.6. The molecule has 0 bridgehead atoms. The van der Waals surface area contributed by atoms with E-state index in [0.717, 1.165) is 44.5 Å². The molecule has 247 valence electrons. The van der Waals surface area contributed by atoms with Crippen molar-refractivity contribution >= 4 is 43.4 Å². The van der Waals surface area contributed by atoms with Gasteiger partial charge in [-0.15, -0.1) is 64.9 Å². The maximum atomic E-state index is 6.52. The Hall–Kier alpha value is -4.41. The molecule has 0 amide bonds. The van der Waals surface area contributed by atoms with Gasteiger partial charge in [0.15, 0.2) is 0 Å². The molecule has 0 spiro atoms. The smallest absolute Gasteiger partial charge is 0.129 e. The van der Waals surface area contributed by atoms with Crippen molar-refractivity contribution in [3.05, 3.63) is 143 Å². The number of nitrogens with zero attached hydrogens (tertiary/aromatic N) is 2. The summed E-state index contributed by atoms with van der Waals surface area (Å²) in [5, 5.41) is 5.53. The molecular weight excluding hydrogens is 797 g/mol. The van der Waals surface area contributed by atoms with Gasteiger partial charge in [-0.1, -0.05) is 81.1 Å². The maximum Gasteiger partial charge on any atom is 0.129 e. The second-order valence-corrected chi connectivity index (χ2v) is 14.6. The molecule has 0 saturated heterocycles. The molecule has 0 unspecified atom stereocenters. The molecule has 0 aliphatic rings. The van der Waals surface area contributed by atoms with E-state index in [9.17, 15) is 0 Å². The number of benzene rings is 4. The van der Waals surface area contributed by atoms with Gasteiger partial charge in [-0.25, -0.2) is 0 Å². The molecule has 4 aromatic carbocycles. The van der Waals surface area contributed by atoms with E-state index in [1.807, 2.05) is 43.6 Å². The Morgan fingerprint density at radius 3 is 2.12 bits per heavy atom. The van der Waals surface area contributed by atoms with Gasteiger partial charge in [-0.05, 0) is 82.9 Å². The largest absolute Gasteiger partial charge is 0.500 e. The van der Waals surface area contributed by atoms with Crippen LogP contribution in [0.4, 0.5) is 0 Å². The average Bonchev–Trinajstić information content (AvgIpc) is 3.70. The van der Waals surface area contributed by atoms with Crippen LogP contribution in [0, 0.1) is 39.8 Å². The summed E-state index contributed by atoms with van der Waals surface area (Å²) in [6, 6.07) is 36.1. The number of furan rings is 1. The van der Waals surface area contributed by atoms with Crippen molar-refractivity contribution in [1.82, 2.24) is 9.97 Å². The number of fused-ring (bicyclic) bond motifs is 5. The first-order valence-corrected chi connectivity index (χ1v) is 17.2. The third-order valence-corrected chi connectivity index (χ3v) is 9.79. The van der Waals surface area contributed by atoms with Gasteiger partial charge >= 0.3 is 0 Å². The minimum absolute atomic E-state index is 0. The Bertz CT molecular complexity index is 2350. The van der Waals surface area contributed by atoms with Crippen LogP contribution in [0.15, 0.2) is 107 Å². The van der Waals surface area contributed by atoms with E-state index in [2.05, 4.69) is 125 Å². The van der Waals surface area contributed by atoms with E-state index in [1.54, 1.807) is 11.3 Å². The van der Waals surface area contributed by atoms with Gasteiger partial charge in [0.25, 0.3) is 0 Å². The van der Waals surface area contributed by atoms with Crippen LogP contribution in [0.25, 0.3) is 65.7 Å². The third kappa shape index (κ3) is 6.76. The van der Waals surface area contributed by atoms with Crippen molar-refractivity contribution in [3.63, 3.8) is 0 Å². The van der Waals surface area contributed by atoms with Crippen LogP contribution in [0.5, 0.6) is 0 Å². The van der Waals surface area contributed by atoms with Crippen molar-refractivity contribution in [1.29, 1.82) is 0 Å². The van der Waals surface area contributed by atoms with Crippen molar-refractivity contribution in [2.45, 2.75) is 53.9 Å². The fourth-order valence-corrected chi connectivity index (χ4v) is 7.16. The van der Waals surface area contributed by atoms with Crippen LogP contribution >= 0.6 is 11.3 Å². The van der Waals surface area contributed by atoms with Gasteiger partial charge in [0.2, 0.25) is 0 Å². The minimum Gasteiger partial charge on any atom is -0.500 e. The first-order valence-electron chi connectivity index (χ1n) is 16.3. The molecule has 8 rings (SSSR count). The fraction of sp³-hybridized carbons (Fsp3) is 0.182. The van der Waals surface area contributed by atoms with E-state index in [0.29, 0.717) is 0 Å². The van der Waals surface area contributed by atoms with Crippen LogP contribution in [0.3, 0.4) is 0 Å². The van der Waals surface area contributed by atoms with Gasteiger partial charge in [0.1, 0.15) is 5.58 Å². The molecule has 4 heterocycles. The molecule has 49 heavy (non-hydrogen) atoms. The number of thiophene rings is 1. The molecule has 4 aromatic heterocycles. The molecule has 1 radical (unpaired) electrons. The van der Waals surface area contributed by atoms with Crippen molar-refractivity contribution < 1.29 is 24.5 Å². The standard InChI is InChI=1S/C31H26NOS.C13H12N.Ir/c1-18-8-6-9-19(2)28(18)24-17-32-26(16-25(24)31(3,4)5)22-11-7-10-20-21-12-13-27-23(14-15-34-27)30(21)33-29(20)22;1-10-3-6-12(7-4-10)13-8-5-11(2)9-14-13;/h6-10,12-17H,1-5H3;3-6,8-9H,1-2H3;/q2*-1;. The Morgan fingerprint density at radius 1 is 0.694 bits per heavy atom. The molecule has 0 fully saturated rings.